The van der Waals surface area contributed by atoms with E-state index in [1.54, 1.807) is 74.9 Å². The Kier molecular flexibility index (Phi) is 6.84. The maximum Gasteiger partial charge on any atom is 0.336 e. The van der Waals surface area contributed by atoms with Gasteiger partial charge in [-0.1, -0.05) is 18.2 Å². The van der Waals surface area contributed by atoms with Crippen LogP contribution >= 0.6 is 0 Å². The minimum Gasteiger partial charge on any atom is -0.497 e. The molecule has 0 aliphatic heterocycles. The third kappa shape index (κ3) is 5.48. The fraction of sp³-hybridized carbons (Fsp3) is 0.0833. The third-order valence-electron chi connectivity index (χ3n) is 4.22. The van der Waals surface area contributed by atoms with Crippen molar-refractivity contribution in [3.63, 3.8) is 0 Å². The Morgan fingerprint density at radius 3 is 2.13 bits per heavy atom. The first-order valence-corrected chi connectivity index (χ1v) is 9.17. The number of anilines is 1. The van der Waals surface area contributed by atoms with Gasteiger partial charge in [-0.3, -0.25) is 4.79 Å². The predicted molar refractivity (Wildman–Crippen MR) is 115 cm³/mol. The summed E-state index contributed by atoms with van der Waals surface area (Å²) in [6, 6.07) is 20.7. The van der Waals surface area contributed by atoms with Crippen LogP contribution in [0.15, 0.2) is 78.9 Å². The van der Waals surface area contributed by atoms with Crippen molar-refractivity contribution in [1.29, 1.82) is 0 Å². The highest BCUT2D eigenvalue weighted by Gasteiger charge is 2.08. The summed E-state index contributed by atoms with van der Waals surface area (Å²) in [4.78, 5) is 24.4. The second-order valence-corrected chi connectivity index (χ2v) is 6.20. The molecule has 3 aromatic carbocycles. The maximum atomic E-state index is 12.3. The van der Waals surface area contributed by atoms with Crippen LogP contribution in [0.3, 0.4) is 0 Å². The maximum absolute atomic E-state index is 12.3. The largest absolute Gasteiger partial charge is 0.497 e. The summed E-state index contributed by atoms with van der Waals surface area (Å²) in [7, 11) is 3.15. The molecular weight excluding hydrogens is 382 g/mol. The number of methoxy groups -OCH3 is 2. The molecule has 3 rings (SSSR count). The Balaban J connectivity index is 1.58. The van der Waals surface area contributed by atoms with Crippen LogP contribution in [0.5, 0.6) is 17.2 Å². The van der Waals surface area contributed by atoms with Crippen LogP contribution in [0.4, 0.5) is 5.69 Å². The molecule has 30 heavy (non-hydrogen) atoms. The van der Waals surface area contributed by atoms with Gasteiger partial charge in [0.1, 0.15) is 17.2 Å². The van der Waals surface area contributed by atoms with E-state index in [0.717, 1.165) is 5.56 Å². The number of esters is 1. The van der Waals surface area contributed by atoms with Gasteiger partial charge in [-0.25, -0.2) is 4.79 Å². The van der Waals surface area contributed by atoms with Gasteiger partial charge in [-0.05, 0) is 60.7 Å². The zero-order chi connectivity index (χ0) is 21.3. The molecule has 3 aromatic rings. The van der Waals surface area contributed by atoms with Crippen LogP contribution in [0, 0.1) is 0 Å². The summed E-state index contributed by atoms with van der Waals surface area (Å²) >= 11 is 0. The van der Waals surface area contributed by atoms with Crippen LogP contribution in [-0.2, 0) is 4.79 Å². The van der Waals surface area contributed by atoms with E-state index in [1.807, 2.05) is 18.2 Å². The molecule has 6 nitrogen and oxygen atoms in total. The SMILES string of the molecule is COc1ccc(NC(=O)c2ccc(OC(=O)/C=C/c3ccccc3OC)cc2)cc1. The molecule has 0 aromatic heterocycles. The fourth-order valence-corrected chi connectivity index (χ4v) is 2.66. The molecule has 0 saturated heterocycles. The van der Waals surface area contributed by atoms with Crippen molar-refractivity contribution in [2.24, 2.45) is 0 Å². The van der Waals surface area contributed by atoms with Gasteiger partial charge in [-0.2, -0.15) is 0 Å². The number of hydrogen-bond donors (Lipinski definition) is 1. The lowest BCUT2D eigenvalue weighted by molar-refractivity contribution is -0.128. The third-order valence-corrected chi connectivity index (χ3v) is 4.22. The molecule has 0 saturated carbocycles. The molecule has 0 heterocycles. The number of carbonyl (C=O) groups is 2. The van der Waals surface area contributed by atoms with Crippen LogP contribution in [0.1, 0.15) is 15.9 Å². The first kappa shape index (κ1) is 20.7. The highest BCUT2D eigenvalue weighted by Crippen LogP contribution is 2.20. The van der Waals surface area contributed by atoms with Crippen LogP contribution in [0.2, 0.25) is 0 Å². The Morgan fingerprint density at radius 2 is 1.47 bits per heavy atom. The quantitative estimate of drug-likeness (QED) is 0.355. The number of hydrogen-bond acceptors (Lipinski definition) is 5. The van der Waals surface area contributed by atoms with E-state index in [0.29, 0.717) is 28.5 Å². The van der Waals surface area contributed by atoms with Gasteiger partial charge >= 0.3 is 5.97 Å². The lowest BCUT2D eigenvalue weighted by atomic mass is 10.2. The Hall–Kier alpha value is -4.06. The number of amides is 1. The van der Waals surface area contributed by atoms with Crippen molar-refractivity contribution in [1.82, 2.24) is 0 Å². The zero-order valence-corrected chi connectivity index (χ0v) is 16.6. The molecule has 0 unspecified atom stereocenters. The zero-order valence-electron chi connectivity index (χ0n) is 16.6. The van der Waals surface area contributed by atoms with Gasteiger partial charge in [0.15, 0.2) is 0 Å². The van der Waals surface area contributed by atoms with Crippen molar-refractivity contribution in [2.75, 3.05) is 19.5 Å². The second-order valence-electron chi connectivity index (χ2n) is 6.20. The lowest BCUT2D eigenvalue weighted by Gasteiger charge is -2.07. The van der Waals surface area contributed by atoms with E-state index in [-0.39, 0.29) is 5.91 Å². The molecule has 0 radical (unpaired) electrons. The van der Waals surface area contributed by atoms with Gasteiger partial charge in [0.25, 0.3) is 5.91 Å². The summed E-state index contributed by atoms with van der Waals surface area (Å²) in [6.45, 7) is 0. The number of benzene rings is 3. The average molecular weight is 403 g/mol. The first-order chi connectivity index (χ1) is 14.6. The van der Waals surface area contributed by atoms with Gasteiger partial charge in [-0.15, -0.1) is 0 Å². The van der Waals surface area contributed by atoms with E-state index < -0.39 is 5.97 Å². The summed E-state index contributed by atoms with van der Waals surface area (Å²) in [6.07, 6.45) is 2.94. The molecule has 152 valence electrons. The molecule has 0 atom stereocenters. The summed E-state index contributed by atoms with van der Waals surface area (Å²) in [5.74, 6) is 0.906. The second kappa shape index (κ2) is 9.93. The molecular formula is C24H21NO5. The Bertz CT molecular complexity index is 1040. The van der Waals surface area contributed by atoms with Crippen molar-refractivity contribution in [3.05, 3.63) is 90.0 Å². The van der Waals surface area contributed by atoms with Gasteiger partial charge in [0, 0.05) is 22.9 Å². The van der Waals surface area contributed by atoms with Crippen molar-refractivity contribution < 1.29 is 23.8 Å². The van der Waals surface area contributed by atoms with Crippen LogP contribution in [-0.4, -0.2) is 26.1 Å². The number of para-hydroxylation sites is 1. The van der Waals surface area contributed by atoms with E-state index in [2.05, 4.69) is 5.32 Å². The standard InChI is InChI=1S/C24H21NO5/c1-28-20-14-10-19(11-15-20)25-24(27)18-7-12-21(13-8-18)30-23(26)16-9-17-5-3-4-6-22(17)29-2/h3-16H,1-2H3,(H,25,27)/b16-9+. The van der Waals surface area contributed by atoms with Crippen molar-refractivity contribution in [3.8, 4) is 17.2 Å². The lowest BCUT2D eigenvalue weighted by Crippen LogP contribution is -2.12. The smallest absolute Gasteiger partial charge is 0.336 e. The normalized spacial score (nSPS) is 10.5. The fourth-order valence-electron chi connectivity index (χ4n) is 2.66. The van der Waals surface area contributed by atoms with Crippen molar-refractivity contribution >= 4 is 23.6 Å². The topological polar surface area (TPSA) is 73.9 Å². The minimum atomic E-state index is -0.531. The monoisotopic (exact) mass is 403 g/mol. The van der Waals surface area contributed by atoms with E-state index in [1.165, 1.54) is 6.08 Å². The predicted octanol–water partition coefficient (Wildman–Crippen LogP) is 4.57. The van der Waals surface area contributed by atoms with Gasteiger partial charge in [0.05, 0.1) is 14.2 Å². The molecule has 0 spiro atoms. The number of nitrogens with one attached hydrogen (secondary N) is 1. The number of ether oxygens (including phenoxy) is 3. The summed E-state index contributed by atoms with van der Waals surface area (Å²) in [5.41, 5.74) is 1.86. The molecule has 1 amide bonds. The van der Waals surface area contributed by atoms with Gasteiger partial charge in [0.2, 0.25) is 0 Å². The van der Waals surface area contributed by atoms with E-state index in [4.69, 9.17) is 14.2 Å². The van der Waals surface area contributed by atoms with Crippen molar-refractivity contribution in [2.45, 2.75) is 0 Å². The van der Waals surface area contributed by atoms with E-state index >= 15 is 0 Å². The molecule has 1 N–H and O–H groups in total. The van der Waals surface area contributed by atoms with Crippen LogP contribution in [0.25, 0.3) is 6.08 Å². The van der Waals surface area contributed by atoms with Crippen LogP contribution < -0.4 is 19.5 Å². The summed E-state index contributed by atoms with van der Waals surface area (Å²) in [5, 5.41) is 2.79. The highest BCUT2D eigenvalue weighted by molar-refractivity contribution is 6.04. The summed E-state index contributed by atoms with van der Waals surface area (Å²) < 4.78 is 15.6. The minimum absolute atomic E-state index is 0.269. The first-order valence-electron chi connectivity index (χ1n) is 9.17. The molecule has 0 aliphatic carbocycles. The molecule has 0 fully saturated rings. The molecule has 0 aliphatic rings. The van der Waals surface area contributed by atoms with E-state index in [9.17, 15) is 9.59 Å². The number of carbonyl (C=O) groups excluding carboxylic acids is 2. The number of rotatable bonds is 7. The molecule has 0 bridgehead atoms. The van der Waals surface area contributed by atoms with Gasteiger partial charge < -0.3 is 19.5 Å². The Labute approximate surface area is 174 Å². The highest BCUT2D eigenvalue weighted by atomic mass is 16.5. The molecule has 6 heteroatoms. The Morgan fingerprint density at radius 1 is 0.800 bits per heavy atom. The average Bonchev–Trinajstić information content (AvgIpc) is 2.79.